The van der Waals surface area contributed by atoms with E-state index in [1.54, 1.807) is 29.2 Å². The number of benzene rings is 2. The first-order valence-corrected chi connectivity index (χ1v) is 11.3. The van der Waals surface area contributed by atoms with E-state index in [4.69, 9.17) is 4.74 Å². The Balaban J connectivity index is 1.74. The first-order chi connectivity index (χ1) is 14.0. The molecule has 1 atom stereocenters. The Hall–Kier alpha value is -2.07. The second-order valence-electron chi connectivity index (χ2n) is 6.27. The molecule has 3 rings (SSSR count). The molecule has 1 unspecified atom stereocenters. The van der Waals surface area contributed by atoms with Crippen LogP contribution in [0.3, 0.4) is 0 Å². The maximum atomic E-state index is 12.8. The predicted octanol–water partition coefficient (Wildman–Crippen LogP) is 4.67. The van der Waals surface area contributed by atoms with E-state index < -0.39 is 5.25 Å². The van der Waals surface area contributed by atoms with Gasteiger partial charge in [0, 0.05) is 22.2 Å². The first-order valence-electron chi connectivity index (χ1n) is 9.35. The second kappa shape index (κ2) is 10.1. The van der Waals surface area contributed by atoms with Gasteiger partial charge < -0.3 is 10.1 Å². The summed E-state index contributed by atoms with van der Waals surface area (Å²) in [6.07, 6.45) is 0.146. The number of carbonyl (C=O) groups excluding carboxylic acids is 2. The van der Waals surface area contributed by atoms with Gasteiger partial charge in [0.2, 0.25) is 11.8 Å². The maximum Gasteiger partial charge on any atom is 0.238 e. The minimum Gasteiger partial charge on any atom is -0.494 e. The number of hydrogen-bond acceptors (Lipinski definition) is 5. The van der Waals surface area contributed by atoms with Crippen molar-refractivity contribution in [1.82, 2.24) is 4.90 Å². The molecule has 0 spiro atoms. The number of aliphatic imine (C=N–C) groups is 1. The van der Waals surface area contributed by atoms with E-state index in [-0.39, 0.29) is 18.2 Å². The lowest BCUT2D eigenvalue weighted by atomic mass is 10.2. The molecule has 0 saturated carbocycles. The molecule has 2 aromatic carbocycles. The van der Waals surface area contributed by atoms with Crippen molar-refractivity contribution in [3.63, 3.8) is 0 Å². The summed E-state index contributed by atoms with van der Waals surface area (Å²) in [5.74, 6) is 0.444. The number of hydrogen-bond donors (Lipinski definition) is 1. The van der Waals surface area contributed by atoms with Gasteiger partial charge in [-0.25, -0.2) is 4.99 Å². The third-order valence-corrected chi connectivity index (χ3v) is 6.14. The van der Waals surface area contributed by atoms with Gasteiger partial charge in [-0.15, -0.1) is 0 Å². The van der Waals surface area contributed by atoms with Crippen LogP contribution in [0.25, 0.3) is 0 Å². The molecule has 0 aromatic heterocycles. The molecule has 2 amide bonds. The summed E-state index contributed by atoms with van der Waals surface area (Å²) in [4.78, 5) is 31.6. The number of nitrogens with zero attached hydrogens (tertiary/aromatic N) is 2. The normalized spacial score (nSPS) is 18.0. The smallest absolute Gasteiger partial charge is 0.238 e. The fourth-order valence-corrected chi connectivity index (χ4v) is 4.32. The minimum atomic E-state index is -0.528. The van der Waals surface area contributed by atoms with Crippen LogP contribution in [0.2, 0.25) is 0 Å². The molecule has 1 aliphatic rings. The Labute approximate surface area is 188 Å². The quantitative estimate of drug-likeness (QED) is 0.559. The summed E-state index contributed by atoms with van der Waals surface area (Å²) in [7, 11) is 0. The largest absolute Gasteiger partial charge is 0.494 e. The van der Waals surface area contributed by atoms with Crippen molar-refractivity contribution in [3.05, 3.63) is 52.1 Å². The minimum absolute atomic E-state index is 0.0950. The molecule has 6 nitrogen and oxygen atoms in total. The van der Waals surface area contributed by atoms with E-state index in [2.05, 4.69) is 32.9 Å². The van der Waals surface area contributed by atoms with Crippen molar-refractivity contribution in [2.75, 3.05) is 18.5 Å². The van der Waals surface area contributed by atoms with E-state index >= 15 is 0 Å². The van der Waals surface area contributed by atoms with Crippen LogP contribution in [0.1, 0.15) is 20.3 Å². The number of amides is 2. The van der Waals surface area contributed by atoms with Gasteiger partial charge in [-0.3, -0.25) is 14.5 Å². The highest BCUT2D eigenvalue weighted by Gasteiger charge is 2.35. The van der Waals surface area contributed by atoms with Crippen molar-refractivity contribution in [2.24, 2.45) is 4.99 Å². The van der Waals surface area contributed by atoms with Crippen molar-refractivity contribution in [3.8, 4) is 5.75 Å². The molecule has 1 heterocycles. The van der Waals surface area contributed by atoms with Crippen molar-refractivity contribution < 1.29 is 14.3 Å². The van der Waals surface area contributed by atoms with Gasteiger partial charge in [0.05, 0.1) is 12.3 Å². The second-order valence-corrected chi connectivity index (χ2v) is 8.68. The van der Waals surface area contributed by atoms with Crippen molar-refractivity contribution in [2.45, 2.75) is 25.5 Å². The number of rotatable bonds is 6. The molecule has 1 N–H and O–H groups in total. The van der Waals surface area contributed by atoms with Crippen LogP contribution in [0.5, 0.6) is 5.75 Å². The highest BCUT2D eigenvalue weighted by Crippen LogP contribution is 2.30. The molecular formula is C21H22IN3O3S. The first kappa shape index (κ1) is 21.6. The van der Waals surface area contributed by atoms with Crippen molar-refractivity contribution in [1.29, 1.82) is 0 Å². The Morgan fingerprint density at radius 2 is 1.90 bits per heavy atom. The van der Waals surface area contributed by atoms with Crippen LogP contribution in [0.15, 0.2) is 53.5 Å². The average Bonchev–Trinajstić information content (AvgIpc) is 2.71. The monoisotopic (exact) mass is 523 g/mol. The summed E-state index contributed by atoms with van der Waals surface area (Å²) in [5, 5.41) is 2.91. The van der Waals surface area contributed by atoms with Gasteiger partial charge in [-0.2, -0.15) is 0 Å². The molecule has 152 valence electrons. The molecule has 2 aromatic rings. The fourth-order valence-electron chi connectivity index (χ4n) is 2.80. The third-order valence-electron chi connectivity index (χ3n) is 4.23. The lowest BCUT2D eigenvalue weighted by Gasteiger charge is -2.30. The van der Waals surface area contributed by atoms with E-state index in [9.17, 15) is 9.59 Å². The Morgan fingerprint density at radius 3 is 2.52 bits per heavy atom. The Morgan fingerprint density at radius 1 is 1.21 bits per heavy atom. The van der Waals surface area contributed by atoms with E-state index in [0.717, 1.165) is 15.0 Å². The highest BCUT2D eigenvalue weighted by atomic mass is 127. The number of nitrogens with one attached hydrogen (secondary N) is 1. The van der Waals surface area contributed by atoms with E-state index in [1.165, 1.54) is 11.8 Å². The lowest BCUT2D eigenvalue weighted by molar-refractivity contribution is -0.129. The number of ether oxygens (including phenoxy) is 1. The van der Waals surface area contributed by atoms with Gasteiger partial charge in [-0.1, -0.05) is 11.8 Å². The third kappa shape index (κ3) is 5.72. The van der Waals surface area contributed by atoms with Crippen LogP contribution < -0.4 is 10.1 Å². The molecule has 29 heavy (non-hydrogen) atoms. The summed E-state index contributed by atoms with van der Waals surface area (Å²) < 4.78 is 6.53. The zero-order valence-electron chi connectivity index (χ0n) is 16.2. The van der Waals surface area contributed by atoms with E-state index in [0.29, 0.717) is 24.0 Å². The van der Waals surface area contributed by atoms with Crippen LogP contribution in [-0.4, -0.2) is 40.3 Å². The molecule has 1 saturated heterocycles. The van der Waals surface area contributed by atoms with Crippen LogP contribution in [0, 0.1) is 3.57 Å². The van der Waals surface area contributed by atoms with Gasteiger partial charge in [0.1, 0.15) is 11.0 Å². The van der Waals surface area contributed by atoms with Gasteiger partial charge in [0.15, 0.2) is 5.17 Å². The van der Waals surface area contributed by atoms with E-state index in [1.807, 2.05) is 38.1 Å². The van der Waals surface area contributed by atoms with Crippen LogP contribution >= 0.6 is 34.4 Å². The molecule has 1 aliphatic heterocycles. The van der Waals surface area contributed by atoms with Gasteiger partial charge >= 0.3 is 0 Å². The lowest BCUT2D eigenvalue weighted by Crippen LogP contribution is -2.45. The van der Waals surface area contributed by atoms with Crippen LogP contribution in [-0.2, 0) is 9.59 Å². The number of carbonyl (C=O) groups is 2. The summed E-state index contributed by atoms with van der Waals surface area (Å²) >= 11 is 3.55. The summed E-state index contributed by atoms with van der Waals surface area (Å²) in [6.45, 7) is 4.93. The molecule has 1 fully saturated rings. The summed E-state index contributed by atoms with van der Waals surface area (Å²) in [6, 6.07) is 14.9. The number of amidine groups is 1. The molecule has 0 aliphatic carbocycles. The molecular weight excluding hydrogens is 501 g/mol. The van der Waals surface area contributed by atoms with Crippen molar-refractivity contribution >= 4 is 62.7 Å². The molecule has 8 heteroatoms. The Kier molecular flexibility index (Phi) is 7.54. The average molecular weight is 523 g/mol. The number of anilines is 1. The number of thioether (sulfide) groups is 1. The fraction of sp³-hybridized carbons (Fsp3) is 0.286. The maximum absolute atomic E-state index is 12.8. The molecule has 0 radical (unpaired) electrons. The molecule has 0 bridgehead atoms. The Bertz CT molecular complexity index is 900. The van der Waals surface area contributed by atoms with Gasteiger partial charge in [-0.05, 0) is 85.0 Å². The summed E-state index contributed by atoms with van der Waals surface area (Å²) in [5.41, 5.74) is 1.42. The topological polar surface area (TPSA) is 71.0 Å². The highest BCUT2D eigenvalue weighted by molar-refractivity contribution is 14.1. The predicted molar refractivity (Wildman–Crippen MR) is 126 cm³/mol. The van der Waals surface area contributed by atoms with Crippen LogP contribution in [0.4, 0.5) is 11.4 Å². The SMILES string of the molecule is CCOc1ccc(NC(=O)C2CC(=O)N(CC)C(=Nc3ccc(I)cc3)S2)cc1. The zero-order valence-corrected chi connectivity index (χ0v) is 19.2. The standard InChI is InChI=1S/C21H22IN3O3S/c1-3-25-19(26)13-18(29-21(25)24-16-7-5-14(22)6-8-16)20(27)23-15-9-11-17(12-10-15)28-4-2/h5-12,18H,3-4,13H2,1-2H3,(H,23,27). The van der Waals surface area contributed by atoms with Gasteiger partial charge in [0.25, 0.3) is 0 Å². The zero-order chi connectivity index (χ0) is 20.8. The number of halogens is 1.